The van der Waals surface area contributed by atoms with Crippen molar-refractivity contribution in [1.82, 2.24) is 9.99 Å². The van der Waals surface area contributed by atoms with Gasteiger partial charge >= 0.3 is 0 Å². The van der Waals surface area contributed by atoms with Gasteiger partial charge in [0.1, 0.15) is 0 Å². The molecule has 0 fully saturated rings. The van der Waals surface area contributed by atoms with Crippen molar-refractivity contribution in [2.45, 2.75) is 12.5 Å². The lowest BCUT2D eigenvalue weighted by molar-refractivity contribution is 0.0709. The molecule has 1 aromatic heterocycles. The van der Waals surface area contributed by atoms with Crippen LogP contribution in [0.2, 0.25) is 10.0 Å². The van der Waals surface area contributed by atoms with Crippen molar-refractivity contribution in [2.24, 2.45) is 5.10 Å². The van der Waals surface area contributed by atoms with Gasteiger partial charge in [-0.15, -0.1) is 0 Å². The van der Waals surface area contributed by atoms with Crippen LogP contribution in [0.4, 0.5) is 0 Å². The van der Waals surface area contributed by atoms with E-state index in [1.54, 1.807) is 56.7 Å². The number of methoxy groups -OCH3 is 2. The summed E-state index contributed by atoms with van der Waals surface area (Å²) in [5, 5.41) is 7.80. The number of carbonyl (C=O) groups is 1. The Balaban J connectivity index is 1.60. The molecule has 0 radical (unpaired) electrons. The van der Waals surface area contributed by atoms with Crippen molar-refractivity contribution in [3.8, 4) is 22.6 Å². The topological polar surface area (TPSA) is 84.0 Å². The second-order valence-electron chi connectivity index (χ2n) is 9.74. The molecule has 1 atom stereocenters. The van der Waals surface area contributed by atoms with E-state index in [0.29, 0.717) is 55.0 Å². The average Bonchev–Trinajstić information content (AvgIpc) is 3.45. The van der Waals surface area contributed by atoms with Gasteiger partial charge in [-0.1, -0.05) is 77.8 Å². The number of benzene rings is 4. The summed E-state index contributed by atoms with van der Waals surface area (Å²) in [5.41, 5.74) is 3.57. The summed E-state index contributed by atoms with van der Waals surface area (Å²) in [6, 6.07) is 26.6. The second-order valence-corrected chi connectivity index (χ2v) is 10.6. The molecule has 1 amide bonds. The highest BCUT2D eigenvalue weighted by molar-refractivity contribution is 6.34. The molecule has 0 aliphatic carbocycles. The fourth-order valence-corrected chi connectivity index (χ4v) is 5.86. The number of ether oxygens (including phenoxy) is 2. The molecular formula is C33H25Cl2N3O4. The average molecular weight is 598 g/mol. The monoisotopic (exact) mass is 597 g/mol. The van der Waals surface area contributed by atoms with Crippen molar-refractivity contribution in [1.29, 1.82) is 0 Å². The Morgan fingerprint density at radius 3 is 2.40 bits per heavy atom. The summed E-state index contributed by atoms with van der Waals surface area (Å²) in [6.45, 7) is 0. The summed E-state index contributed by atoms with van der Waals surface area (Å²) in [4.78, 5) is 30.9. The van der Waals surface area contributed by atoms with Crippen LogP contribution in [-0.4, -0.2) is 35.8 Å². The molecule has 1 aliphatic heterocycles. The van der Waals surface area contributed by atoms with E-state index in [-0.39, 0.29) is 12.0 Å². The number of para-hydroxylation sites is 1. The predicted octanol–water partition coefficient (Wildman–Crippen LogP) is 7.51. The fourth-order valence-electron chi connectivity index (χ4n) is 5.47. The van der Waals surface area contributed by atoms with Crippen LogP contribution in [0.15, 0.2) is 101 Å². The Labute approximate surface area is 251 Å². The van der Waals surface area contributed by atoms with Crippen molar-refractivity contribution in [2.75, 3.05) is 14.2 Å². The van der Waals surface area contributed by atoms with E-state index in [1.165, 1.54) is 5.01 Å². The lowest BCUT2D eigenvalue weighted by Gasteiger charge is -2.24. The smallest absolute Gasteiger partial charge is 0.276 e. The highest BCUT2D eigenvalue weighted by Crippen LogP contribution is 2.43. The zero-order valence-corrected chi connectivity index (χ0v) is 24.2. The third-order valence-electron chi connectivity index (χ3n) is 7.34. The van der Waals surface area contributed by atoms with Crippen LogP contribution in [0.3, 0.4) is 0 Å². The molecule has 5 aromatic rings. The number of pyridine rings is 1. The van der Waals surface area contributed by atoms with Gasteiger partial charge in [-0.3, -0.25) is 9.59 Å². The minimum Gasteiger partial charge on any atom is -0.493 e. The number of fused-ring (bicyclic) bond motifs is 1. The first kappa shape index (κ1) is 27.6. The number of H-pyrrole nitrogens is 1. The van der Waals surface area contributed by atoms with Crippen LogP contribution >= 0.6 is 23.2 Å². The number of rotatable bonds is 6. The first-order valence-electron chi connectivity index (χ1n) is 13.2. The Kier molecular flexibility index (Phi) is 7.45. The first-order valence-corrected chi connectivity index (χ1v) is 13.9. The highest BCUT2D eigenvalue weighted by Gasteiger charge is 2.38. The number of hydrogen-bond acceptors (Lipinski definition) is 5. The Morgan fingerprint density at radius 1 is 0.905 bits per heavy atom. The van der Waals surface area contributed by atoms with E-state index in [2.05, 4.69) is 4.98 Å². The van der Waals surface area contributed by atoms with Gasteiger partial charge in [0.2, 0.25) is 0 Å². The van der Waals surface area contributed by atoms with Crippen molar-refractivity contribution >= 4 is 45.7 Å². The minimum absolute atomic E-state index is 0.231. The maximum Gasteiger partial charge on any atom is 0.276 e. The van der Waals surface area contributed by atoms with Gasteiger partial charge in [0.05, 0.1) is 42.1 Å². The Hall–Kier alpha value is -4.59. The number of amides is 1. The van der Waals surface area contributed by atoms with Crippen LogP contribution in [0, 0.1) is 0 Å². The van der Waals surface area contributed by atoms with Gasteiger partial charge in [0, 0.05) is 33.5 Å². The van der Waals surface area contributed by atoms with E-state index in [0.717, 1.165) is 10.9 Å². The second kappa shape index (κ2) is 11.4. The van der Waals surface area contributed by atoms with Crippen LogP contribution in [-0.2, 0) is 0 Å². The largest absolute Gasteiger partial charge is 0.493 e. The molecule has 42 heavy (non-hydrogen) atoms. The number of carbonyl (C=O) groups excluding carboxylic acids is 1. The molecule has 4 aromatic carbocycles. The van der Waals surface area contributed by atoms with Crippen LogP contribution < -0.4 is 15.0 Å². The molecule has 210 valence electrons. The summed E-state index contributed by atoms with van der Waals surface area (Å²) >= 11 is 12.9. The molecular weight excluding hydrogens is 573 g/mol. The normalized spacial score (nSPS) is 14.6. The van der Waals surface area contributed by atoms with Crippen LogP contribution in [0.5, 0.6) is 11.5 Å². The van der Waals surface area contributed by atoms with Crippen molar-refractivity contribution in [3.63, 3.8) is 0 Å². The lowest BCUT2D eigenvalue weighted by Crippen LogP contribution is -2.27. The zero-order valence-electron chi connectivity index (χ0n) is 22.7. The van der Waals surface area contributed by atoms with Gasteiger partial charge in [0.15, 0.2) is 11.5 Å². The predicted molar refractivity (Wildman–Crippen MR) is 166 cm³/mol. The minimum atomic E-state index is -0.619. The Bertz CT molecular complexity index is 1920. The first-order chi connectivity index (χ1) is 20.4. The number of nitrogens with one attached hydrogen (secondary N) is 1. The van der Waals surface area contributed by atoms with E-state index in [1.807, 2.05) is 48.5 Å². The molecule has 2 heterocycles. The molecule has 6 rings (SSSR count). The molecule has 7 nitrogen and oxygen atoms in total. The van der Waals surface area contributed by atoms with Crippen molar-refractivity contribution < 1.29 is 14.3 Å². The van der Waals surface area contributed by atoms with Gasteiger partial charge in [-0.2, -0.15) is 5.10 Å². The summed E-state index contributed by atoms with van der Waals surface area (Å²) in [5.74, 6) is 0.574. The maximum absolute atomic E-state index is 14.0. The molecule has 0 spiro atoms. The lowest BCUT2D eigenvalue weighted by atomic mass is 9.90. The van der Waals surface area contributed by atoms with E-state index >= 15 is 0 Å². The maximum atomic E-state index is 14.0. The number of aromatic amines is 1. The third-order valence-corrected chi connectivity index (χ3v) is 7.91. The Morgan fingerprint density at radius 2 is 1.67 bits per heavy atom. The van der Waals surface area contributed by atoms with E-state index < -0.39 is 11.9 Å². The number of nitrogens with zero attached hydrogens (tertiary/aromatic N) is 2. The molecule has 0 saturated carbocycles. The quantitative estimate of drug-likeness (QED) is 0.219. The highest BCUT2D eigenvalue weighted by atomic mass is 35.5. The van der Waals surface area contributed by atoms with Gasteiger partial charge in [-0.05, 0) is 42.0 Å². The molecule has 0 saturated heterocycles. The number of hydrazone groups is 1. The number of hydrogen-bond donors (Lipinski definition) is 1. The summed E-state index contributed by atoms with van der Waals surface area (Å²) in [7, 11) is 3.10. The van der Waals surface area contributed by atoms with E-state index in [9.17, 15) is 9.59 Å². The van der Waals surface area contributed by atoms with Crippen molar-refractivity contribution in [3.05, 3.63) is 128 Å². The van der Waals surface area contributed by atoms with Gasteiger partial charge in [-0.25, -0.2) is 5.01 Å². The summed E-state index contributed by atoms with van der Waals surface area (Å²) < 4.78 is 11.3. The third kappa shape index (κ3) is 4.81. The van der Waals surface area contributed by atoms with Gasteiger partial charge < -0.3 is 14.5 Å². The molecule has 0 bridgehead atoms. The fraction of sp³-hybridized carbons (Fsp3) is 0.121. The SMILES string of the molecule is COc1cccc([C@H]2CC(c3c(-c4ccccc4)c4cc(Cl)ccc4[nH]c3=O)=NN2C(=O)c2ccccc2Cl)c1OC. The van der Waals surface area contributed by atoms with Crippen LogP contribution in [0.1, 0.15) is 33.9 Å². The number of aromatic nitrogens is 1. The number of halogens is 2. The van der Waals surface area contributed by atoms with E-state index in [4.69, 9.17) is 37.8 Å². The summed E-state index contributed by atoms with van der Waals surface area (Å²) in [6.07, 6.45) is 0.231. The standard InChI is InChI=1S/C33H25Cl2N3O4/c1-41-28-14-8-12-22(31(28)42-2)27-18-26(37-38(27)33(40)21-11-6-7-13-24(21)35)30-29(19-9-4-3-5-10-19)23-17-20(34)15-16-25(23)36-32(30)39/h3-17,27H,18H2,1-2H3,(H,36,39)/t27-/m1/s1. The van der Waals surface area contributed by atoms with Gasteiger partial charge in [0.25, 0.3) is 11.5 Å². The molecule has 9 heteroatoms. The van der Waals surface area contributed by atoms with Crippen LogP contribution in [0.25, 0.3) is 22.0 Å². The molecule has 0 unspecified atom stereocenters. The molecule has 1 aliphatic rings. The molecule has 1 N–H and O–H groups in total. The zero-order chi connectivity index (χ0) is 29.4.